The van der Waals surface area contributed by atoms with E-state index in [-0.39, 0.29) is 0 Å². The second-order valence-electron chi connectivity index (χ2n) is 13.3. The zero-order valence-electron chi connectivity index (χ0n) is 28.6. The maximum atomic E-state index is 13.2. The minimum Gasteiger partial charge on any atom is -0.481 e. The van der Waals surface area contributed by atoms with Gasteiger partial charge in [-0.1, -0.05) is 158 Å². The number of carbonyl (C=O) groups is 2. The molecule has 0 saturated heterocycles. The van der Waals surface area contributed by atoms with Crippen molar-refractivity contribution in [3.05, 3.63) is 169 Å². The molecule has 2 N–H and O–H groups in total. The van der Waals surface area contributed by atoms with Gasteiger partial charge in [0.2, 0.25) is 0 Å². The predicted octanol–water partition coefficient (Wildman–Crippen LogP) is 7.59. The molecule has 6 rings (SSSR count). The lowest BCUT2D eigenvalue weighted by molar-refractivity contribution is -0.143. The molecular formula is C44H40O4P2. The Balaban J connectivity index is 1.84. The van der Waals surface area contributed by atoms with Crippen molar-refractivity contribution in [2.24, 2.45) is 0 Å². The molecule has 0 aromatic heterocycles. The van der Waals surface area contributed by atoms with E-state index in [1.165, 1.54) is 0 Å². The van der Waals surface area contributed by atoms with Crippen LogP contribution in [0.1, 0.15) is 38.8 Å². The highest BCUT2D eigenvalue weighted by molar-refractivity contribution is 7.80. The Morgan fingerprint density at radius 1 is 0.400 bits per heavy atom. The predicted molar refractivity (Wildman–Crippen MR) is 211 cm³/mol. The number of hydrogen-bond acceptors (Lipinski definition) is 2. The maximum absolute atomic E-state index is 13.2. The van der Waals surface area contributed by atoms with Gasteiger partial charge in [-0.2, -0.15) is 0 Å². The van der Waals surface area contributed by atoms with Crippen LogP contribution in [0.4, 0.5) is 0 Å². The van der Waals surface area contributed by atoms with E-state index in [2.05, 4.69) is 60.7 Å². The number of benzene rings is 6. The van der Waals surface area contributed by atoms with Crippen LogP contribution in [0.25, 0.3) is 11.1 Å². The van der Waals surface area contributed by atoms with E-state index in [0.717, 1.165) is 43.0 Å². The first kappa shape index (κ1) is 35.0. The molecule has 0 radical (unpaired) electrons. The number of hydrogen-bond donors (Lipinski definition) is 2. The molecule has 0 amide bonds. The molecule has 6 aromatic rings. The summed E-state index contributed by atoms with van der Waals surface area (Å²) in [6.45, 7) is 6.97. The molecule has 250 valence electrons. The molecule has 50 heavy (non-hydrogen) atoms. The SMILES string of the molecule is CC(C)(C(=O)O)c1cccc(P(c2ccccc2)c2ccccc2)c1-c1c(P(c2ccccc2)c2ccccc2)cccc1C(C)(C)C(=O)O. The van der Waals surface area contributed by atoms with Gasteiger partial charge in [0, 0.05) is 0 Å². The summed E-state index contributed by atoms with van der Waals surface area (Å²) < 4.78 is 0. The maximum Gasteiger partial charge on any atom is 0.313 e. The monoisotopic (exact) mass is 694 g/mol. The molecule has 0 aliphatic heterocycles. The van der Waals surface area contributed by atoms with Crippen LogP contribution in [0.5, 0.6) is 0 Å². The minimum atomic E-state index is -1.31. The quantitative estimate of drug-likeness (QED) is 0.137. The zero-order chi connectivity index (χ0) is 35.5. The van der Waals surface area contributed by atoms with Crippen molar-refractivity contribution in [3.8, 4) is 11.1 Å². The van der Waals surface area contributed by atoms with Gasteiger partial charge in [-0.05, 0) is 97.6 Å². The number of rotatable bonds is 11. The second-order valence-corrected chi connectivity index (χ2v) is 17.6. The smallest absolute Gasteiger partial charge is 0.313 e. The third-order valence-electron chi connectivity index (χ3n) is 9.29. The van der Waals surface area contributed by atoms with Crippen molar-refractivity contribution in [2.75, 3.05) is 0 Å². The van der Waals surface area contributed by atoms with Crippen molar-refractivity contribution in [2.45, 2.75) is 38.5 Å². The zero-order valence-corrected chi connectivity index (χ0v) is 30.4. The lowest BCUT2D eigenvalue weighted by Crippen LogP contribution is -2.36. The van der Waals surface area contributed by atoms with E-state index in [1.807, 2.05) is 97.1 Å². The van der Waals surface area contributed by atoms with Gasteiger partial charge in [-0.25, -0.2) is 0 Å². The van der Waals surface area contributed by atoms with Crippen LogP contribution in [-0.2, 0) is 20.4 Å². The first-order chi connectivity index (χ1) is 24.0. The van der Waals surface area contributed by atoms with Gasteiger partial charge in [-0.15, -0.1) is 0 Å². The van der Waals surface area contributed by atoms with Crippen LogP contribution in [0.3, 0.4) is 0 Å². The summed E-state index contributed by atoms with van der Waals surface area (Å²) in [7, 11) is -2.42. The van der Waals surface area contributed by atoms with Crippen LogP contribution in [0.15, 0.2) is 158 Å². The van der Waals surface area contributed by atoms with Gasteiger partial charge in [-0.3, -0.25) is 9.59 Å². The third kappa shape index (κ3) is 6.67. The molecule has 0 fully saturated rings. The van der Waals surface area contributed by atoms with Crippen LogP contribution in [0.2, 0.25) is 0 Å². The standard InChI is InChI=1S/C44H40O4P2/c1-43(2,41(45)46)35-27-17-29-37(49(31-19-9-5-10-20-31)32-21-11-6-12-22-32)39(35)40-36(44(3,4)42(47)48)28-18-30-38(40)50(33-23-13-7-14-24-33)34-25-15-8-16-26-34/h5-30H,1-4H3,(H,45,46)(H,47,48). The van der Waals surface area contributed by atoms with Crippen LogP contribution in [-0.4, -0.2) is 22.2 Å². The lowest BCUT2D eigenvalue weighted by Gasteiger charge is -2.34. The van der Waals surface area contributed by atoms with Crippen LogP contribution < -0.4 is 31.8 Å². The van der Waals surface area contributed by atoms with Crippen molar-refractivity contribution >= 4 is 59.6 Å². The van der Waals surface area contributed by atoms with E-state index in [0.29, 0.717) is 11.1 Å². The van der Waals surface area contributed by atoms with E-state index < -0.39 is 38.6 Å². The van der Waals surface area contributed by atoms with Gasteiger partial charge in [0.1, 0.15) is 0 Å². The van der Waals surface area contributed by atoms with Gasteiger partial charge in [0.15, 0.2) is 0 Å². The molecule has 0 atom stereocenters. The van der Waals surface area contributed by atoms with E-state index in [1.54, 1.807) is 27.7 Å². The van der Waals surface area contributed by atoms with Crippen molar-refractivity contribution in [1.29, 1.82) is 0 Å². The highest BCUT2D eigenvalue weighted by Crippen LogP contribution is 2.47. The minimum absolute atomic E-state index is 0.646. The topological polar surface area (TPSA) is 74.6 Å². The fourth-order valence-electron chi connectivity index (χ4n) is 6.41. The Labute approximate surface area is 297 Å². The Hall–Kier alpha value is -4.88. The van der Waals surface area contributed by atoms with Crippen molar-refractivity contribution < 1.29 is 19.8 Å². The molecule has 0 unspecified atom stereocenters. The summed E-state index contributed by atoms with van der Waals surface area (Å²) in [4.78, 5) is 26.4. The third-order valence-corrected chi connectivity index (χ3v) is 14.3. The summed E-state index contributed by atoms with van der Waals surface area (Å²) in [6.07, 6.45) is 0. The normalized spacial score (nSPS) is 11.9. The summed E-state index contributed by atoms with van der Waals surface area (Å²) in [5.41, 5.74) is 0.260. The molecule has 0 heterocycles. The van der Waals surface area contributed by atoms with Gasteiger partial charge >= 0.3 is 11.9 Å². The van der Waals surface area contributed by atoms with Gasteiger partial charge in [0.25, 0.3) is 0 Å². The summed E-state index contributed by atoms with van der Waals surface area (Å²) in [5.74, 6) is -1.91. The number of carboxylic acid groups (broad SMARTS) is 2. The molecule has 6 aromatic carbocycles. The number of carboxylic acids is 2. The molecule has 0 spiro atoms. The molecule has 6 heteroatoms. The largest absolute Gasteiger partial charge is 0.481 e. The Morgan fingerprint density at radius 3 is 0.900 bits per heavy atom. The fourth-order valence-corrected chi connectivity index (χ4v) is 11.4. The highest BCUT2D eigenvalue weighted by Gasteiger charge is 2.40. The Kier molecular flexibility index (Phi) is 10.2. The summed E-state index contributed by atoms with van der Waals surface area (Å²) >= 11 is 0. The van der Waals surface area contributed by atoms with Gasteiger partial charge in [0.05, 0.1) is 10.8 Å². The highest BCUT2D eigenvalue weighted by atomic mass is 31.1. The average molecular weight is 695 g/mol. The Bertz CT molecular complexity index is 1880. The average Bonchev–Trinajstić information content (AvgIpc) is 3.13. The van der Waals surface area contributed by atoms with E-state index >= 15 is 0 Å². The van der Waals surface area contributed by atoms with Crippen molar-refractivity contribution in [3.63, 3.8) is 0 Å². The lowest BCUT2D eigenvalue weighted by atomic mass is 9.75. The fraction of sp³-hybridized carbons (Fsp3) is 0.136. The van der Waals surface area contributed by atoms with E-state index in [4.69, 9.17) is 0 Å². The molecule has 0 saturated carbocycles. The Morgan fingerprint density at radius 2 is 0.660 bits per heavy atom. The van der Waals surface area contributed by atoms with E-state index in [9.17, 15) is 19.8 Å². The summed E-state index contributed by atoms with van der Waals surface area (Å²) in [5, 5.41) is 28.0. The first-order valence-electron chi connectivity index (χ1n) is 16.6. The van der Waals surface area contributed by atoms with Crippen LogP contribution >= 0.6 is 15.8 Å². The molecule has 0 aliphatic carbocycles. The van der Waals surface area contributed by atoms with Gasteiger partial charge < -0.3 is 10.2 Å². The number of aliphatic carboxylic acids is 2. The molecule has 4 nitrogen and oxygen atoms in total. The summed E-state index contributed by atoms with van der Waals surface area (Å²) in [6, 6.07) is 53.3. The molecular weight excluding hydrogens is 654 g/mol. The first-order valence-corrected chi connectivity index (χ1v) is 19.3. The molecule has 0 aliphatic rings. The van der Waals surface area contributed by atoms with Crippen molar-refractivity contribution in [1.82, 2.24) is 0 Å². The second kappa shape index (κ2) is 14.5. The molecule has 0 bridgehead atoms. The van der Waals surface area contributed by atoms with Crippen LogP contribution in [0, 0.1) is 0 Å².